The number of aromatic nitrogens is 3. The number of hydrogen-bond acceptors (Lipinski definition) is 7. The summed E-state index contributed by atoms with van der Waals surface area (Å²) in [5.74, 6) is 1.51. The third-order valence-electron chi connectivity index (χ3n) is 11.0. The van der Waals surface area contributed by atoms with Gasteiger partial charge in [-0.25, -0.2) is 14.4 Å². The number of benzene rings is 2. The molecule has 3 aliphatic heterocycles. The maximum atomic E-state index is 15.1. The number of anilines is 1. The van der Waals surface area contributed by atoms with Gasteiger partial charge in [0.1, 0.15) is 23.2 Å². The number of aliphatic hydroxyl groups is 1. The van der Waals surface area contributed by atoms with Crippen LogP contribution in [0.2, 0.25) is 0 Å². The van der Waals surface area contributed by atoms with Gasteiger partial charge in [0.2, 0.25) is 0 Å². The quantitative estimate of drug-likeness (QED) is 0.193. The van der Waals surface area contributed by atoms with Crippen molar-refractivity contribution in [3.05, 3.63) is 47.7 Å². The molecule has 0 aliphatic carbocycles. The summed E-state index contributed by atoms with van der Waals surface area (Å²) in [6.45, 7) is 6.79. The fourth-order valence-electron chi connectivity index (χ4n) is 8.75. The van der Waals surface area contributed by atoms with Crippen LogP contribution in [0.1, 0.15) is 89.4 Å². The van der Waals surface area contributed by atoms with Crippen molar-refractivity contribution in [1.82, 2.24) is 19.9 Å². The van der Waals surface area contributed by atoms with E-state index in [1.54, 1.807) is 18.2 Å². The minimum Gasteiger partial charge on any atom is -0.508 e. The minimum absolute atomic E-state index is 0.114. The number of nitrogens with zero attached hydrogens (tertiary/aromatic N) is 5. The molecular formula is C37H47FN5O2P. The summed E-state index contributed by atoms with van der Waals surface area (Å²) < 4.78 is 15.1. The molecule has 2 aromatic heterocycles. The molecular weight excluding hydrogens is 596 g/mol. The van der Waals surface area contributed by atoms with Crippen molar-refractivity contribution in [1.29, 1.82) is 0 Å². The summed E-state index contributed by atoms with van der Waals surface area (Å²) in [4.78, 5) is 20.4. The van der Waals surface area contributed by atoms with Crippen LogP contribution in [0.4, 0.5) is 10.2 Å². The Morgan fingerprint density at radius 1 is 1.09 bits per heavy atom. The Labute approximate surface area is 273 Å². The molecule has 3 fully saturated rings. The Balaban J connectivity index is 1.32. The predicted molar refractivity (Wildman–Crippen MR) is 188 cm³/mol. The van der Waals surface area contributed by atoms with Gasteiger partial charge in [0.05, 0.1) is 22.7 Å². The third kappa shape index (κ3) is 5.65. The molecule has 5 heterocycles. The average Bonchev–Trinajstić information content (AvgIpc) is 3.62. The fraction of sp³-hybridized carbons (Fsp3) is 0.541. The van der Waals surface area contributed by atoms with E-state index in [0.29, 0.717) is 35.8 Å². The van der Waals surface area contributed by atoms with Gasteiger partial charge in [-0.3, -0.25) is 9.88 Å². The van der Waals surface area contributed by atoms with Crippen molar-refractivity contribution in [2.24, 2.45) is 0 Å². The van der Waals surface area contributed by atoms with E-state index >= 15 is 4.39 Å². The monoisotopic (exact) mass is 643 g/mol. The molecule has 3 saturated heterocycles. The highest BCUT2D eigenvalue weighted by molar-refractivity contribution is 7.28. The molecule has 0 saturated carbocycles. The maximum Gasteiger partial charge on any atom is 0.141 e. The van der Waals surface area contributed by atoms with Gasteiger partial charge in [-0.1, -0.05) is 32.8 Å². The van der Waals surface area contributed by atoms with E-state index < -0.39 is 6.10 Å². The van der Waals surface area contributed by atoms with Crippen molar-refractivity contribution in [3.8, 4) is 17.0 Å². The highest BCUT2D eigenvalue weighted by atomic mass is 31.0. The summed E-state index contributed by atoms with van der Waals surface area (Å²) in [7, 11) is 2.86. The molecule has 3 aliphatic rings. The van der Waals surface area contributed by atoms with Gasteiger partial charge < -0.3 is 15.1 Å². The smallest absolute Gasteiger partial charge is 0.141 e. The average molecular weight is 644 g/mol. The number of piperidine rings is 1. The number of fused-ring (bicyclic) bond motifs is 3. The molecule has 0 amide bonds. The number of unbranched alkanes of at least 4 members (excludes halogenated alkanes) is 1. The van der Waals surface area contributed by atoms with Crippen LogP contribution >= 0.6 is 9.24 Å². The van der Waals surface area contributed by atoms with Crippen LogP contribution in [0.5, 0.6) is 5.75 Å². The second kappa shape index (κ2) is 12.9. The SMILES string of the molecule is CCCCC1CCC2(CCc3nc(N4CCCC(O)C4)c4cnc(-c5cc(O)cc6ccc(F)c(CC)c56)c(P)c4n3)CCCN12. The van der Waals surface area contributed by atoms with Crippen LogP contribution in [-0.2, 0) is 12.8 Å². The lowest BCUT2D eigenvalue weighted by Gasteiger charge is -2.35. The summed E-state index contributed by atoms with van der Waals surface area (Å²) in [6.07, 6.45) is 14.4. The molecule has 0 spiro atoms. The van der Waals surface area contributed by atoms with E-state index in [4.69, 9.17) is 15.0 Å². The van der Waals surface area contributed by atoms with E-state index in [9.17, 15) is 10.2 Å². The van der Waals surface area contributed by atoms with E-state index in [0.717, 1.165) is 70.9 Å². The Morgan fingerprint density at radius 3 is 2.76 bits per heavy atom. The molecule has 2 aromatic carbocycles. The molecule has 0 bridgehead atoms. The van der Waals surface area contributed by atoms with Gasteiger partial charge in [0.15, 0.2) is 0 Å². The second-order valence-corrected chi connectivity index (χ2v) is 14.4. The zero-order valence-corrected chi connectivity index (χ0v) is 28.4. The van der Waals surface area contributed by atoms with Crippen LogP contribution in [0.25, 0.3) is 32.9 Å². The number of phenolic OH excluding ortho intramolecular Hbond substituents is 1. The molecule has 4 atom stereocenters. The first-order valence-corrected chi connectivity index (χ1v) is 18.0. The largest absolute Gasteiger partial charge is 0.508 e. The van der Waals surface area contributed by atoms with Crippen molar-refractivity contribution >= 4 is 42.0 Å². The lowest BCUT2D eigenvalue weighted by Crippen LogP contribution is -2.42. The van der Waals surface area contributed by atoms with Crippen molar-refractivity contribution in [2.45, 2.75) is 109 Å². The molecule has 9 heteroatoms. The second-order valence-electron chi connectivity index (χ2n) is 13.8. The Hall–Kier alpha value is -2.93. The van der Waals surface area contributed by atoms with Gasteiger partial charge in [0.25, 0.3) is 0 Å². The molecule has 0 radical (unpaired) electrons. The van der Waals surface area contributed by atoms with E-state index in [1.165, 1.54) is 57.6 Å². The fourth-order valence-corrected chi connectivity index (χ4v) is 9.20. The molecule has 46 heavy (non-hydrogen) atoms. The lowest BCUT2D eigenvalue weighted by molar-refractivity contribution is 0.134. The zero-order chi connectivity index (χ0) is 32.0. The highest BCUT2D eigenvalue weighted by Crippen LogP contribution is 2.46. The van der Waals surface area contributed by atoms with Crippen LogP contribution < -0.4 is 10.2 Å². The van der Waals surface area contributed by atoms with E-state index in [2.05, 4.69) is 26.0 Å². The number of aliphatic hydroxyl groups excluding tert-OH is 1. The number of pyridine rings is 1. The van der Waals surface area contributed by atoms with Gasteiger partial charge in [0, 0.05) is 48.2 Å². The number of aromatic hydroxyl groups is 1. The van der Waals surface area contributed by atoms with Gasteiger partial charge >= 0.3 is 0 Å². The zero-order valence-electron chi connectivity index (χ0n) is 27.2. The Morgan fingerprint density at radius 2 is 1.96 bits per heavy atom. The van der Waals surface area contributed by atoms with Gasteiger partial charge in [-0.2, -0.15) is 0 Å². The topological polar surface area (TPSA) is 85.6 Å². The molecule has 4 aromatic rings. The summed E-state index contributed by atoms with van der Waals surface area (Å²) in [6, 6.07) is 7.27. The predicted octanol–water partition coefficient (Wildman–Crippen LogP) is 6.83. The first-order valence-electron chi connectivity index (χ1n) is 17.4. The maximum absolute atomic E-state index is 15.1. The molecule has 7 nitrogen and oxygen atoms in total. The van der Waals surface area contributed by atoms with Crippen molar-refractivity contribution in [3.63, 3.8) is 0 Å². The van der Waals surface area contributed by atoms with Crippen LogP contribution in [-0.4, -0.2) is 67.4 Å². The third-order valence-corrected chi connectivity index (χ3v) is 11.5. The molecule has 244 valence electrons. The summed E-state index contributed by atoms with van der Waals surface area (Å²) >= 11 is 0. The molecule has 2 N–H and O–H groups in total. The Kier molecular flexibility index (Phi) is 8.90. The van der Waals surface area contributed by atoms with Gasteiger partial charge in [-0.15, -0.1) is 9.24 Å². The normalized spacial score (nSPS) is 23.5. The molecule has 4 unspecified atom stereocenters. The first kappa shape index (κ1) is 31.7. The highest BCUT2D eigenvalue weighted by Gasteiger charge is 2.48. The molecule has 7 rings (SSSR count). The summed E-state index contributed by atoms with van der Waals surface area (Å²) in [5.41, 5.74) is 3.00. The standard InChI is InChI=1S/C37H47FN5O2P/c1-3-5-8-24-12-15-37(14-7-18-43(24)37)16-13-31-40-34-29(36(41-31)42-17-6-9-25(44)22-42)21-39-33(35(34)46)28-20-26(45)19-23-10-11-30(38)27(4-2)32(23)28/h10-11,19-21,24-25,44-45H,3-9,12-18,22,46H2,1-2H3. The van der Waals surface area contributed by atoms with Crippen LogP contribution in [0.3, 0.4) is 0 Å². The Bertz CT molecular complexity index is 1770. The number of hydrogen-bond donors (Lipinski definition) is 2. The van der Waals surface area contributed by atoms with E-state index in [1.807, 2.05) is 13.1 Å². The van der Waals surface area contributed by atoms with Crippen LogP contribution in [0, 0.1) is 5.82 Å². The lowest BCUT2D eigenvalue weighted by atomic mass is 9.88. The van der Waals surface area contributed by atoms with Crippen LogP contribution in [0.15, 0.2) is 30.5 Å². The number of phenols is 1. The first-order chi connectivity index (χ1) is 22.3. The number of rotatable bonds is 9. The summed E-state index contributed by atoms with van der Waals surface area (Å²) in [5, 5.41) is 24.5. The number of halogens is 1. The number of β-amino-alcohol motifs (C(OH)–C–C–N with tert-alkyl or cyclic N) is 1. The number of aryl methyl sites for hydroxylation is 2. The van der Waals surface area contributed by atoms with Gasteiger partial charge in [-0.05, 0) is 98.9 Å². The minimum atomic E-state index is -0.393. The van der Waals surface area contributed by atoms with Crippen molar-refractivity contribution < 1.29 is 14.6 Å². The van der Waals surface area contributed by atoms with E-state index in [-0.39, 0.29) is 17.1 Å². The van der Waals surface area contributed by atoms with Crippen molar-refractivity contribution in [2.75, 3.05) is 24.5 Å².